The molecule has 1 aromatic carbocycles. The number of aromatic nitrogens is 2. The molecule has 0 bridgehead atoms. The Kier molecular flexibility index (Phi) is 5.67. The van der Waals surface area contributed by atoms with Gasteiger partial charge in [0.15, 0.2) is 0 Å². The van der Waals surface area contributed by atoms with E-state index in [2.05, 4.69) is 51.1 Å². The summed E-state index contributed by atoms with van der Waals surface area (Å²) in [5.41, 5.74) is 4.18. The van der Waals surface area contributed by atoms with E-state index in [1.807, 2.05) is 25.2 Å². The Labute approximate surface area is 172 Å². The third kappa shape index (κ3) is 4.05. The van der Waals surface area contributed by atoms with Gasteiger partial charge in [-0.3, -0.25) is 19.4 Å². The number of nitrogens with zero attached hydrogens (tertiary/aromatic N) is 6. The van der Waals surface area contributed by atoms with Crippen molar-refractivity contribution in [2.45, 2.75) is 13.3 Å². The standard InChI is InChI=1S/C22H30N6O/c1-17-6-4-5-7-18(17)21(23-2)27-13-10-26(11-14-27)12-15-28-9-8-20-19(22(28)29)16-25(3)24-20/h4-7,16H,8-15H2,1-3H3/b23-21+. The molecule has 1 fully saturated rings. The van der Waals surface area contributed by atoms with Crippen molar-refractivity contribution in [3.8, 4) is 0 Å². The van der Waals surface area contributed by atoms with Gasteiger partial charge in [0, 0.05) is 78.1 Å². The zero-order valence-electron chi connectivity index (χ0n) is 17.6. The van der Waals surface area contributed by atoms with Gasteiger partial charge in [-0.25, -0.2) is 0 Å². The first-order chi connectivity index (χ1) is 14.1. The van der Waals surface area contributed by atoms with Crippen LogP contribution in [0.3, 0.4) is 0 Å². The maximum atomic E-state index is 12.7. The third-order valence-corrected chi connectivity index (χ3v) is 6.00. The summed E-state index contributed by atoms with van der Waals surface area (Å²) in [6.07, 6.45) is 2.70. The highest BCUT2D eigenvalue weighted by Gasteiger charge is 2.28. The quantitative estimate of drug-likeness (QED) is 0.581. The Morgan fingerprint density at radius 3 is 2.59 bits per heavy atom. The van der Waals surface area contributed by atoms with E-state index in [1.54, 1.807) is 4.68 Å². The topological polar surface area (TPSA) is 57.0 Å². The molecule has 0 spiro atoms. The number of fused-ring (bicyclic) bond motifs is 1. The van der Waals surface area contributed by atoms with Gasteiger partial charge >= 0.3 is 0 Å². The number of amidine groups is 1. The van der Waals surface area contributed by atoms with Crippen LogP contribution in [-0.4, -0.2) is 89.1 Å². The predicted molar refractivity (Wildman–Crippen MR) is 114 cm³/mol. The van der Waals surface area contributed by atoms with Gasteiger partial charge in [0.05, 0.1) is 11.3 Å². The van der Waals surface area contributed by atoms with Crippen LogP contribution in [0.25, 0.3) is 0 Å². The minimum atomic E-state index is 0.123. The number of benzene rings is 1. The summed E-state index contributed by atoms with van der Waals surface area (Å²) >= 11 is 0. The Bertz CT molecular complexity index is 910. The monoisotopic (exact) mass is 394 g/mol. The molecule has 0 atom stereocenters. The molecule has 0 N–H and O–H groups in total. The summed E-state index contributed by atoms with van der Waals surface area (Å²) in [4.78, 5) is 24.1. The van der Waals surface area contributed by atoms with Crippen molar-refractivity contribution in [2.24, 2.45) is 12.0 Å². The van der Waals surface area contributed by atoms with Crippen molar-refractivity contribution in [1.29, 1.82) is 0 Å². The summed E-state index contributed by atoms with van der Waals surface area (Å²) < 4.78 is 1.74. The van der Waals surface area contributed by atoms with Crippen molar-refractivity contribution in [3.05, 3.63) is 52.8 Å². The number of aryl methyl sites for hydroxylation is 2. The molecular weight excluding hydrogens is 364 g/mol. The Hall–Kier alpha value is -2.67. The molecule has 1 amide bonds. The lowest BCUT2D eigenvalue weighted by molar-refractivity contribution is 0.0706. The van der Waals surface area contributed by atoms with Crippen molar-refractivity contribution in [1.82, 2.24) is 24.5 Å². The van der Waals surface area contributed by atoms with E-state index in [4.69, 9.17) is 0 Å². The fraction of sp³-hybridized carbons (Fsp3) is 0.500. The average molecular weight is 395 g/mol. The van der Waals surface area contributed by atoms with Crippen LogP contribution in [-0.2, 0) is 13.5 Å². The number of piperazine rings is 1. The summed E-state index contributed by atoms with van der Waals surface area (Å²) in [6, 6.07) is 8.44. The number of aliphatic imine (C=N–C) groups is 1. The first-order valence-corrected chi connectivity index (χ1v) is 10.4. The zero-order chi connectivity index (χ0) is 20.4. The smallest absolute Gasteiger partial charge is 0.257 e. The number of carbonyl (C=O) groups excluding carboxylic acids is 1. The van der Waals surface area contributed by atoms with Crippen LogP contribution in [0.1, 0.15) is 27.2 Å². The van der Waals surface area contributed by atoms with Gasteiger partial charge in [-0.2, -0.15) is 5.10 Å². The summed E-state index contributed by atoms with van der Waals surface area (Å²) in [5, 5.41) is 4.39. The molecule has 7 nitrogen and oxygen atoms in total. The van der Waals surface area contributed by atoms with E-state index < -0.39 is 0 Å². The van der Waals surface area contributed by atoms with Gasteiger partial charge in [-0.15, -0.1) is 0 Å². The van der Waals surface area contributed by atoms with Crippen LogP contribution in [0, 0.1) is 6.92 Å². The van der Waals surface area contributed by atoms with Crippen LogP contribution < -0.4 is 0 Å². The molecule has 0 aliphatic carbocycles. The van der Waals surface area contributed by atoms with E-state index in [0.29, 0.717) is 0 Å². The van der Waals surface area contributed by atoms with E-state index in [-0.39, 0.29) is 5.91 Å². The predicted octanol–water partition coefficient (Wildman–Crippen LogP) is 1.42. The molecule has 1 aromatic heterocycles. The Morgan fingerprint density at radius 2 is 1.86 bits per heavy atom. The van der Waals surface area contributed by atoms with Crippen molar-refractivity contribution in [3.63, 3.8) is 0 Å². The molecule has 4 rings (SSSR count). The van der Waals surface area contributed by atoms with Gasteiger partial charge in [-0.05, 0) is 12.5 Å². The van der Waals surface area contributed by atoms with Crippen LogP contribution in [0.15, 0.2) is 35.5 Å². The molecule has 2 aromatic rings. The number of rotatable bonds is 4. The van der Waals surface area contributed by atoms with Crippen LogP contribution >= 0.6 is 0 Å². The van der Waals surface area contributed by atoms with E-state index >= 15 is 0 Å². The van der Waals surface area contributed by atoms with Crippen molar-refractivity contribution < 1.29 is 4.79 Å². The van der Waals surface area contributed by atoms with Gasteiger partial charge in [-0.1, -0.05) is 24.3 Å². The highest BCUT2D eigenvalue weighted by Crippen LogP contribution is 2.18. The molecule has 29 heavy (non-hydrogen) atoms. The molecule has 0 saturated carbocycles. The van der Waals surface area contributed by atoms with Gasteiger partial charge in [0.25, 0.3) is 5.91 Å². The van der Waals surface area contributed by atoms with Crippen molar-refractivity contribution in [2.75, 3.05) is 52.9 Å². The van der Waals surface area contributed by atoms with Gasteiger partial charge in [0.2, 0.25) is 0 Å². The maximum Gasteiger partial charge on any atom is 0.257 e. The summed E-state index contributed by atoms with van der Waals surface area (Å²) in [6.45, 7) is 8.50. The molecule has 0 radical (unpaired) electrons. The lowest BCUT2D eigenvalue weighted by Crippen LogP contribution is -2.51. The summed E-state index contributed by atoms with van der Waals surface area (Å²) in [5.74, 6) is 1.20. The second kappa shape index (κ2) is 8.37. The Morgan fingerprint density at radius 1 is 1.10 bits per heavy atom. The first kappa shape index (κ1) is 19.6. The molecule has 2 aliphatic heterocycles. The van der Waals surface area contributed by atoms with Crippen LogP contribution in [0.2, 0.25) is 0 Å². The first-order valence-electron chi connectivity index (χ1n) is 10.4. The third-order valence-electron chi connectivity index (χ3n) is 6.00. The molecule has 3 heterocycles. The lowest BCUT2D eigenvalue weighted by atomic mass is 10.1. The molecule has 0 unspecified atom stereocenters. The number of hydrogen-bond acceptors (Lipinski definition) is 4. The fourth-order valence-electron chi connectivity index (χ4n) is 4.33. The van der Waals surface area contributed by atoms with Crippen molar-refractivity contribution >= 4 is 11.7 Å². The maximum absolute atomic E-state index is 12.7. The minimum Gasteiger partial charge on any atom is -0.354 e. The molecule has 7 heteroatoms. The SMILES string of the molecule is C/N=C(\c1ccccc1C)N1CCN(CCN2CCc3nn(C)cc3C2=O)CC1. The molecule has 154 valence electrons. The lowest BCUT2D eigenvalue weighted by Gasteiger charge is -2.38. The molecule has 1 saturated heterocycles. The number of hydrogen-bond donors (Lipinski definition) is 0. The minimum absolute atomic E-state index is 0.123. The van der Waals surface area contributed by atoms with E-state index in [0.717, 1.165) is 69.3 Å². The zero-order valence-corrected chi connectivity index (χ0v) is 17.6. The van der Waals surface area contributed by atoms with Gasteiger partial charge < -0.3 is 9.80 Å². The fourth-order valence-corrected chi connectivity index (χ4v) is 4.33. The second-order valence-corrected chi connectivity index (χ2v) is 7.90. The van der Waals surface area contributed by atoms with Gasteiger partial charge in [0.1, 0.15) is 5.84 Å². The van der Waals surface area contributed by atoms with E-state index in [9.17, 15) is 4.79 Å². The number of carbonyl (C=O) groups is 1. The molecular formula is C22H30N6O. The normalized spacial score (nSPS) is 18.3. The highest BCUT2D eigenvalue weighted by atomic mass is 16.2. The van der Waals surface area contributed by atoms with Crippen LogP contribution in [0.5, 0.6) is 0 Å². The Balaban J connectivity index is 1.30. The summed E-state index contributed by atoms with van der Waals surface area (Å²) in [7, 11) is 3.75. The van der Waals surface area contributed by atoms with Crippen LogP contribution in [0.4, 0.5) is 0 Å². The second-order valence-electron chi connectivity index (χ2n) is 7.90. The molecule has 2 aliphatic rings. The highest BCUT2D eigenvalue weighted by molar-refractivity contribution is 6.00. The van der Waals surface area contributed by atoms with E-state index in [1.165, 1.54) is 11.1 Å². The number of amides is 1. The largest absolute Gasteiger partial charge is 0.354 e. The average Bonchev–Trinajstić information content (AvgIpc) is 3.12.